The van der Waals surface area contributed by atoms with E-state index in [0.717, 1.165) is 25.6 Å². The van der Waals surface area contributed by atoms with E-state index in [4.69, 9.17) is 0 Å². The van der Waals surface area contributed by atoms with Crippen molar-refractivity contribution in [1.82, 2.24) is 14.9 Å². The molecule has 0 saturated carbocycles. The molecule has 1 aromatic rings. The maximum atomic E-state index is 12.7. The van der Waals surface area contributed by atoms with Crippen molar-refractivity contribution in [2.45, 2.75) is 12.6 Å². The molecule has 2 rings (SSSR count). The highest BCUT2D eigenvalue weighted by atomic mass is 19.4. The van der Waals surface area contributed by atoms with Crippen molar-refractivity contribution in [1.29, 1.82) is 0 Å². The highest BCUT2D eigenvalue weighted by Crippen LogP contribution is 2.29. The molecule has 1 aliphatic heterocycles. The average Bonchev–Trinajstić information content (AvgIpc) is 2.81. The highest BCUT2D eigenvalue weighted by Gasteiger charge is 2.33. The van der Waals surface area contributed by atoms with Crippen LogP contribution in [0.2, 0.25) is 0 Å². The summed E-state index contributed by atoms with van der Waals surface area (Å²) in [5.74, 6) is 0.597. The molecule has 0 aliphatic carbocycles. The van der Waals surface area contributed by atoms with Crippen molar-refractivity contribution >= 4 is 11.8 Å². The van der Waals surface area contributed by atoms with E-state index in [9.17, 15) is 13.2 Å². The van der Waals surface area contributed by atoms with E-state index in [0.29, 0.717) is 12.5 Å². The lowest BCUT2D eigenvalue weighted by Gasteiger charge is -2.14. The lowest BCUT2D eigenvalue weighted by molar-refractivity contribution is -0.141. The largest absolute Gasteiger partial charge is 0.433 e. The molecule has 0 amide bonds. The van der Waals surface area contributed by atoms with Gasteiger partial charge < -0.3 is 15.5 Å². The van der Waals surface area contributed by atoms with Crippen LogP contribution in [0.25, 0.3) is 0 Å². The molecule has 1 unspecified atom stereocenters. The second-order valence-electron chi connectivity index (χ2n) is 5.01. The fraction of sp³-hybridized carbons (Fsp3) is 0.667. The minimum atomic E-state index is -4.47. The molecule has 112 valence electrons. The Bertz CT molecular complexity index is 463. The molecular formula is C12H18F3N5. The van der Waals surface area contributed by atoms with Crippen LogP contribution in [0.3, 0.4) is 0 Å². The van der Waals surface area contributed by atoms with E-state index in [1.807, 2.05) is 7.05 Å². The maximum absolute atomic E-state index is 12.7. The standard InChI is InChI=1S/C12H18F3N5/c1-16-11-18-9(12(13,14)15)5-10(19-11)17-6-8-3-4-20(2)7-8/h5,8H,3-4,6-7H2,1-2H3,(H2,16,17,18,19). The van der Waals surface area contributed by atoms with Crippen LogP contribution in [0.4, 0.5) is 24.9 Å². The molecule has 1 aliphatic rings. The fourth-order valence-electron chi connectivity index (χ4n) is 2.24. The number of nitrogens with one attached hydrogen (secondary N) is 2. The Kier molecular flexibility index (Phi) is 4.32. The lowest BCUT2D eigenvalue weighted by atomic mass is 10.1. The van der Waals surface area contributed by atoms with Crippen LogP contribution in [0.5, 0.6) is 0 Å². The van der Waals surface area contributed by atoms with Gasteiger partial charge in [-0.2, -0.15) is 18.2 Å². The number of hydrogen-bond acceptors (Lipinski definition) is 5. The smallest absolute Gasteiger partial charge is 0.370 e. The van der Waals surface area contributed by atoms with E-state index < -0.39 is 11.9 Å². The quantitative estimate of drug-likeness (QED) is 0.886. The number of alkyl halides is 3. The van der Waals surface area contributed by atoms with Crippen LogP contribution in [0, 0.1) is 5.92 Å². The van der Waals surface area contributed by atoms with Gasteiger partial charge in [0.1, 0.15) is 5.82 Å². The molecule has 0 aromatic carbocycles. The van der Waals surface area contributed by atoms with Crippen LogP contribution >= 0.6 is 0 Å². The number of rotatable bonds is 4. The van der Waals surface area contributed by atoms with E-state index in [-0.39, 0.29) is 11.8 Å². The predicted octanol–water partition coefficient (Wildman–Crippen LogP) is 1.90. The van der Waals surface area contributed by atoms with Gasteiger partial charge in [0.15, 0.2) is 5.69 Å². The van der Waals surface area contributed by atoms with Crippen molar-refractivity contribution < 1.29 is 13.2 Å². The highest BCUT2D eigenvalue weighted by molar-refractivity contribution is 5.42. The van der Waals surface area contributed by atoms with Crippen LogP contribution in [-0.2, 0) is 6.18 Å². The number of likely N-dealkylation sites (tertiary alicyclic amines) is 1. The second-order valence-corrected chi connectivity index (χ2v) is 5.01. The Morgan fingerprint density at radius 2 is 2.15 bits per heavy atom. The Hall–Kier alpha value is -1.57. The van der Waals surface area contributed by atoms with Crippen LogP contribution in [-0.4, -0.2) is 48.6 Å². The molecule has 8 heteroatoms. The predicted molar refractivity (Wildman–Crippen MR) is 70.7 cm³/mol. The summed E-state index contributed by atoms with van der Waals surface area (Å²) in [6.07, 6.45) is -3.43. The van der Waals surface area contributed by atoms with Gasteiger partial charge in [0.05, 0.1) is 0 Å². The fourth-order valence-corrected chi connectivity index (χ4v) is 2.24. The molecule has 0 spiro atoms. The summed E-state index contributed by atoms with van der Waals surface area (Å²) < 4.78 is 38.2. The van der Waals surface area contributed by atoms with Crippen molar-refractivity contribution in [3.8, 4) is 0 Å². The summed E-state index contributed by atoms with van der Waals surface area (Å²) >= 11 is 0. The minimum Gasteiger partial charge on any atom is -0.370 e. The zero-order valence-corrected chi connectivity index (χ0v) is 11.5. The molecule has 0 bridgehead atoms. The van der Waals surface area contributed by atoms with Crippen LogP contribution < -0.4 is 10.6 Å². The summed E-state index contributed by atoms with van der Waals surface area (Å²) in [5, 5.41) is 5.52. The number of aromatic nitrogens is 2. The average molecular weight is 289 g/mol. The number of hydrogen-bond donors (Lipinski definition) is 2. The lowest BCUT2D eigenvalue weighted by Crippen LogP contribution is -2.20. The normalized spacial score (nSPS) is 20.1. The third-order valence-electron chi connectivity index (χ3n) is 3.30. The van der Waals surface area contributed by atoms with Gasteiger partial charge in [0.25, 0.3) is 0 Å². The molecule has 5 nitrogen and oxygen atoms in total. The van der Waals surface area contributed by atoms with Crippen LogP contribution in [0.1, 0.15) is 12.1 Å². The summed E-state index contributed by atoms with van der Waals surface area (Å²) in [7, 11) is 3.52. The number of nitrogens with zero attached hydrogens (tertiary/aromatic N) is 3. The Labute approximate surface area is 115 Å². The molecule has 1 saturated heterocycles. The van der Waals surface area contributed by atoms with Crippen molar-refractivity contribution in [2.75, 3.05) is 44.4 Å². The van der Waals surface area contributed by atoms with E-state index >= 15 is 0 Å². The molecule has 1 atom stereocenters. The van der Waals surface area contributed by atoms with Crippen LogP contribution in [0.15, 0.2) is 6.07 Å². The molecule has 2 N–H and O–H groups in total. The molecule has 20 heavy (non-hydrogen) atoms. The molecule has 2 heterocycles. The van der Waals surface area contributed by atoms with Gasteiger partial charge in [-0.05, 0) is 25.9 Å². The van der Waals surface area contributed by atoms with E-state index in [2.05, 4.69) is 25.5 Å². The van der Waals surface area contributed by atoms with E-state index in [1.165, 1.54) is 7.05 Å². The summed E-state index contributed by atoms with van der Waals surface area (Å²) in [6, 6.07) is 0.944. The molecule has 1 fully saturated rings. The van der Waals surface area contributed by atoms with E-state index in [1.54, 1.807) is 0 Å². The van der Waals surface area contributed by atoms with Gasteiger partial charge in [-0.3, -0.25) is 0 Å². The van der Waals surface area contributed by atoms with Gasteiger partial charge in [0.2, 0.25) is 5.95 Å². The van der Waals surface area contributed by atoms with Crippen molar-refractivity contribution in [3.63, 3.8) is 0 Å². The SMILES string of the molecule is CNc1nc(NCC2CCN(C)C2)cc(C(F)(F)F)n1. The van der Waals surface area contributed by atoms with Crippen molar-refractivity contribution in [3.05, 3.63) is 11.8 Å². The van der Waals surface area contributed by atoms with Gasteiger partial charge in [-0.1, -0.05) is 0 Å². The zero-order valence-electron chi connectivity index (χ0n) is 11.5. The molecular weight excluding hydrogens is 271 g/mol. The molecule has 1 aromatic heterocycles. The third-order valence-corrected chi connectivity index (χ3v) is 3.30. The van der Waals surface area contributed by atoms with Gasteiger partial charge in [-0.15, -0.1) is 0 Å². The first-order valence-electron chi connectivity index (χ1n) is 6.45. The third kappa shape index (κ3) is 3.72. The summed E-state index contributed by atoms with van der Waals surface area (Å²) in [5.41, 5.74) is -0.942. The second kappa shape index (κ2) is 5.82. The first-order chi connectivity index (χ1) is 9.38. The summed E-state index contributed by atoms with van der Waals surface area (Å²) in [6.45, 7) is 2.58. The van der Waals surface area contributed by atoms with Gasteiger partial charge >= 0.3 is 6.18 Å². The van der Waals surface area contributed by atoms with Crippen molar-refractivity contribution in [2.24, 2.45) is 5.92 Å². The topological polar surface area (TPSA) is 53.1 Å². The minimum absolute atomic E-state index is 0.0362. The van der Waals surface area contributed by atoms with Gasteiger partial charge in [-0.25, -0.2) is 4.98 Å². The van der Waals surface area contributed by atoms with Gasteiger partial charge in [0, 0.05) is 26.2 Å². The first-order valence-corrected chi connectivity index (χ1v) is 6.45. The Morgan fingerprint density at radius 3 is 2.70 bits per heavy atom. The monoisotopic (exact) mass is 289 g/mol. The Balaban J connectivity index is 2.07. The summed E-state index contributed by atoms with van der Waals surface area (Å²) in [4.78, 5) is 9.62. The Morgan fingerprint density at radius 1 is 1.40 bits per heavy atom. The molecule has 0 radical (unpaired) electrons. The zero-order chi connectivity index (χ0) is 14.8. The number of halogens is 3. The number of anilines is 2. The first kappa shape index (κ1) is 14.8. The maximum Gasteiger partial charge on any atom is 0.433 e.